The zero-order valence-electron chi connectivity index (χ0n) is 18.0. The average Bonchev–Trinajstić information content (AvgIpc) is 3.41. The second-order valence-corrected chi connectivity index (χ2v) is 8.68. The van der Waals surface area contributed by atoms with E-state index in [9.17, 15) is 14.7 Å². The maximum absolute atomic E-state index is 13.2. The molecule has 0 saturated carbocycles. The van der Waals surface area contributed by atoms with Gasteiger partial charge in [-0.1, -0.05) is 45.0 Å². The SMILES string of the molecule is CC(C)(C)c1ccc(C2C(C(=O)c3ccco3)=C(O)C(=O)N2c2ccc(C#N)cc2)cc1. The van der Waals surface area contributed by atoms with Crippen LogP contribution in [0.5, 0.6) is 0 Å². The first-order valence-electron chi connectivity index (χ1n) is 10.2. The Bertz CT molecular complexity index is 1240. The van der Waals surface area contributed by atoms with Gasteiger partial charge < -0.3 is 9.52 Å². The van der Waals surface area contributed by atoms with Crippen molar-refractivity contribution in [1.82, 2.24) is 0 Å². The molecule has 1 aliphatic rings. The van der Waals surface area contributed by atoms with Gasteiger partial charge in [0, 0.05) is 5.69 Å². The number of amides is 1. The second-order valence-electron chi connectivity index (χ2n) is 8.68. The number of hydrogen-bond acceptors (Lipinski definition) is 5. The Hall–Kier alpha value is -4.11. The number of nitrogens with zero attached hydrogens (tertiary/aromatic N) is 2. The van der Waals surface area contributed by atoms with Gasteiger partial charge in [0.15, 0.2) is 11.5 Å². The van der Waals surface area contributed by atoms with Crippen LogP contribution >= 0.6 is 0 Å². The summed E-state index contributed by atoms with van der Waals surface area (Å²) in [6, 6.07) is 18.3. The van der Waals surface area contributed by atoms with Crippen LogP contribution in [0.4, 0.5) is 5.69 Å². The molecule has 1 aliphatic heterocycles. The molecular formula is C26H22N2O4. The van der Waals surface area contributed by atoms with E-state index in [1.807, 2.05) is 30.3 Å². The van der Waals surface area contributed by atoms with Crippen molar-refractivity contribution >= 4 is 17.4 Å². The third kappa shape index (κ3) is 3.58. The number of carbonyl (C=O) groups is 2. The second kappa shape index (κ2) is 7.86. The molecule has 0 fully saturated rings. The molecule has 0 saturated heterocycles. The quantitative estimate of drug-likeness (QED) is 0.576. The maximum Gasteiger partial charge on any atom is 0.294 e. The predicted molar refractivity (Wildman–Crippen MR) is 119 cm³/mol. The first-order valence-corrected chi connectivity index (χ1v) is 10.2. The Morgan fingerprint density at radius 1 is 1.06 bits per heavy atom. The van der Waals surface area contributed by atoms with Crippen molar-refractivity contribution in [2.75, 3.05) is 4.90 Å². The van der Waals surface area contributed by atoms with Crippen LogP contribution in [0.2, 0.25) is 0 Å². The van der Waals surface area contributed by atoms with Gasteiger partial charge in [0.05, 0.1) is 29.5 Å². The maximum atomic E-state index is 13.2. The van der Waals surface area contributed by atoms with Crippen molar-refractivity contribution in [2.24, 2.45) is 0 Å². The number of furan rings is 1. The molecule has 1 aromatic heterocycles. The largest absolute Gasteiger partial charge is 0.503 e. The van der Waals surface area contributed by atoms with Crippen LogP contribution < -0.4 is 4.90 Å². The lowest BCUT2D eigenvalue weighted by Gasteiger charge is -2.27. The summed E-state index contributed by atoms with van der Waals surface area (Å²) in [7, 11) is 0. The fourth-order valence-corrected chi connectivity index (χ4v) is 3.82. The highest BCUT2D eigenvalue weighted by Gasteiger charge is 2.45. The zero-order chi connectivity index (χ0) is 23.0. The summed E-state index contributed by atoms with van der Waals surface area (Å²) in [4.78, 5) is 27.7. The van der Waals surface area contributed by atoms with Gasteiger partial charge in [-0.2, -0.15) is 5.26 Å². The molecule has 0 aliphatic carbocycles. The summed E-state index contributed by atoms with van der Waals surface area (Å²) in [6.07, 6.45) is 1.37. The summed E-state index contributed by atoms with van der Waals surface area (Å²) in [5, 5.41) is 19.8. The Kier molecular flexibility index (Phi) is 5.19. The number of hydrogen-bond donors (Lipinski definition) is 1. The van der Waals surface area contributed by atoms with Crippen molar-refractivity contribution in [3.63, 3.8) is 0 Å². The normalized spacial score (nSPS) is 16.4. The van der Waals surface area contributed by atoms with E-state index in [1.165, 1.54) is 17.2 Å². The van der Waals surface area contributed by atoms with Crippen LogP contribution in [0.25, 0.3) is 0 Å². The topological polar surface area (TPSA) is 94.5 Å². The highest BCUT2D eigenvalue weighted by atomic mass is 16.3. The fourth-order valence-electron chi connectivity index (χ4n) is 3.82. The van der Waals surface area contributed by atoms with Crippen LogP contribution in [-0.2, 0) is 10.2 Å². The smallest absolute Gasteiger partial charge is 0.294 e. The number of Topliss-reactive ketones (excluding diaryl/α,β-unsaturated/α-hetero) is 1. The fraction of sp³-hybridized carbons (Fsp3) is 0.192. The number of benzene rings is 2. The molecule has 3 aromatic rings. The molecule has 0 spiro atoms. The third-order valence-electron chi connectivity index (χ3n) is 5.56. The van der Waals surface area contributed by atoms with E-state index >= 15 is 0 Å². The van der Waals surface area contributed by atoms with Crippen molar-refractivity contribution in [3.8, 4) is 6.07 Å². The third-order valence-corrected chi connectivity index (χ3v) is 5.56. The van der Waals surface area contributed by atoms with Gasteiger partial charge in [0.1, 0.15) is 0 Å². The summed E-state index contributed by atoms with van der Waals surface area (Å²) >= 11 is 0. The van der Waals surface area contributed by atoms with E-state index in [-0.39, 0.29) is 16.7 Å². The number of rotatable bonds is 4. The van der Waals surface area contributed by atoms with Gasteiger partial charge in [-0.15, -0.1) is 0 Å². The van der Waals surface area contributed by atoms with Gasteiger partial charge in [-0.25, -0.2) is 0 Å². The molecule has 6 nitrogen and oxygen atoms in total. The number of aliphatic hydroxyl groups is 1. The Balaban J connectivity index is 1.85. The summed E-state index contributed by atoms with van der Waals surface area (Å²) in [5.74, 6) is -1.81. The highest BCUT2D eigenvalue weighted by Crippen LogP contribution is 2.42. The lowest BCUT2D eigenvalue weighted by atomic mass is 9.85. The minimum absolute atomic E-state index is 0.0392. The first kappa shape index (κ1) is 21.1. The highest BCUT2D eigenvalue weighted by molar-refractivity contribution is 6.20. The van der Waals surface area contributed by atoms with Gasteiger partial charge >= 0.3 is 0 Å². The molecule has 0 bridgehead atoms. The summed E-state index contributed by atoms with van der Waals surface area (Å²) in [5.41, 5.74) is 2.57. The Labute approximate surface area is 186 Å². The number of aliphatic hydroxyl groups excluding tert-OH is 1. The average molecular weight is 426 g/mol. The first-order chi connectivity index (χ1) is 15.2. The molecule has 1 unspecified atom stereocenters. The summed E-state index contributed by atoms with van der Waals surface area (Å²) < 4.78 is 5.25. The van der Waals surface area contributed by atoms with E-state index in [2.05, 4.69) is 20.8 Å². The zero-order valence-corrected chi connectivity index (χ0v) is 18.0. The summed E-state index contributed by atoms with van der Waals surface area (Å²) in [6.45, 7) is 6.30. The molecule has 1 amide bonds. The van der Waals surface area contributed by atoms with E-state index < -0.39 is 23.5 Å². The van der Waals surface area contributed by atoms with Crippen LogP contribution in [0.1, 0.15) is 54.1 Å². The lowest BCUT2D eigenvalue weighted by molar-refractivity contribution is -0.117. The minimum Gasteiger partial charge on any atom is -0.503 e. The molecule has 160 valence electrons. The molecule has 32 heavy (non-hydrogen) atoms. The Morgan fingerprint density at radius 3 is 2.25 bits per heavy atom. The molecule has 1 N–H and O–H groups in total. The van der Waals surface area contributed by atoms with Crippen LogP contribution in [0.15, 0.2) is 82.7 Å². The number of anilines is 1. The molecular weight excluding hydrogens is 404 g/mol. The number of carbonyl (C=O) groups excluding carboxylic acids is 2. The van der Waals surface area contributed by atoms with E-state index in [0.717, 1.165) is 5.56 Å². The van der Waals surface area contributed by atoms with E-state index in [4.69, 9.17) is 9.68 Å². The van der Waals surface area contributed by atoms with Crippen LogP contribution in [-0.4, -0.2) is 16.8 Å². The van der Waals surface area contributed by atoms with E-state index in [0.29, 0.717) is 16.8 Å². The predicted octanol–water partition coefficient (Wildman–Crippen LogP) is 5.23. The molecule has 2 heterocycles. The number of nitriles is 1. The van der Waals surface area contributed by atoms with Crippen molar-refractivity contribution in [3.05, 3.63) is 101 Å². The lowest BCUT2D eigenvalue weighted by Crippen LogP contribution is -2.31. The van der Waals surface area contributed by atoms with Crippen LogP contribution in [0, 0.1) is 11.3 Å². The van der Waals surface area contributed by atoms with Gasteiger partial charge in [0.25, 0.3) is 5.91 Å². The molecule has 1 atom stereocenters. The van der Waals surface area contributed by atoms with Gasteiger partial charge in [0.2, 0.25) is 5.78 Å². The van der Waals surface area contributed by atoms with Gasteiger partial charge in [-0.05, 0) is 52.9 Å². The van der Waals surface area contributed by atoms with Crippen molar-refractivity contribution in [1.29, 1.82) is 5.26 Å². The minimum atomic E-state index is -0.845. The molecule has 2 aromatic carbocycles. The van der Waals surface area contributed by atoms with Crippen molar-refractivity contribution < 1.29 is 19.1 Å². The molecule has 4 rings (SSSR count). The Morgan fingerprint density at radius 2 is 1.72 bits per heavy atom. The van der Waals surface area contributed by atoms with E-state index in [1.54, 1.807) is 30.3 Å². The molecule has 6 heteroatoms. The standard InChI is InChI=1S/C26H22N2O4/c1-26(2,3)18-10-8-17(9-11-18)22-21(23(29)20-5-4-14-32-20)24(30)25(31)28(22)19-12-6-16(15-27)7-13-19/h4-14,22,30H,1-3H3. The van der Waals surface area contributed by atoms with Crippen molar-refractivity contribution in [2.45, 2.75) is 32.2 Å². The van der Waals surface area contributed by atoms with Crippen LogP contribution in [0.3, 0.4) is 0 Å². The van der Waals surface area contributed by atoms with Gasteiger partial charge in [-0.3, -0.25) is 14.5 Å². The number of ketones is 1. The monoisotopic (exact) mass is 426 g/mol. The molecule has 0 radical (unpaired) electrons.